The summed E-state index contributed by atoms with van der Waals surface area (Å²) in [6, 6.07) is 14.3. The molecular weight excluding hydrogens is 314 g/mol. The molecule has 0 heterocycles. The first-order valence-electron chi connectivity index (χ1n) is 7.23. The van der Waals surface area contributed by atoms with Crippen LogP contribution in [0.15, 0.2) is 48.5 Å². The third kappa shape index (κ3) is 3.37. The Morgan fingerprint density at radius 2 is 1.87 bits per heavy atom. The Bertz CT molecular complexity index is 828. The van der Waals surface area contributed by atoms with E-state index in [2.05, 4.69) is 4.72 Å². The molecule has 6 heteroatoms. The molecule has 23 heavy (non-hydrogen) atoms. The number of hydrogen-bond acceptors (Lipinski definition) is 4. The van der Waals surface area contributed by atoms with Gasteiger partial charge in [-0.1, -0.05) is 36.4 Å². The zero-order chi connectivity index (χ0) is 16.4. The predicted molar refractivity (Wildman–Crippen MR) is 86.6 cm³/mol. The number of rotatable bonds is 5. The number of methoxy groups -OCH3 is 1. The number of nitrogens with one attached hydrogen (secondary N) is 1. The monoisotopic (exact) mass is 331 g/mol. The van der Waals surface area contributed by atoms with E-state index in [1.807, 2.05) is 24.3 Å². The van der Waals surface area contributed by atoms with Gasteiger partial charge in [0.05, 0.1) is 18.8 Å². The van der Waals surface area contributed by atoms with Crippen molar-refractivity contribution in [1.29, 1.82) is 0 Å². The van der Waals surface area contributed by atoms with Gasteiger partial charge in [0.1, 0.15) is 5.75 Å². The van der Waals surface area contributed by atoms with Gasteiger partial charge in [-0.15, -0.1) is 0 Å². The molecule has 120 valence electrons. The maximum Gasteiger partial charge on any atom is 0.241 e. The van der Waals surface area contributed by atoms with Gasteiger partial charge in [0.15, 0.2) is 0 Å². The summed E-state index contributed by atoms with van der Waals surface area (Å²) in [4.78, 5) is 12.2. The van der Waals surface area contributed by atoms with E-state index in [9.17, 15) is 13.2 Å². The molecule has 2 aromatic rings. The molecule has 1 unspecified atom stereocenters. The minimum atomic E-state index is -3.72. The van der Waals surface area contributed by atoms with Gasteiger partial charge in [0.25, 0.3) is 0 Å². The van der Waals surface area contributed by atoms with Crippen LogP contribution in [-0.2, 0) is 27.0 Å². The van der Waals surface area contributed by atoms with Crippen LogP contribution in [0.4, 0.5) is 0 Å². The molecule has 3 rings (SSSR count). The normalized spacial score (nSPS) is 16.1. The van der Waals surface area contributed by atoms with E-state index in [1.165, 1.54) is 0 Å². The number of amides is 1. The highest BCUT2D eigenvalue weighted by atomic mass is 32.2. The van der Waals surface area contributed by atoms with E-state index < -0.39 is 15.9 Å². The molecule has 0 radical (unpaired) electrons. The minimum Gasteiger partial charge on any atom is -0.497 e. The Balaban J connectivity index is 1.65. The lowest BCUT2D eigenvalue weighted by molar-refractivity contribution is -0.121. The largest absolute Gasteiger partial charge is 0.497 e. The molecule has 5 nitrogen and oxygen atoms in total. The molecule has 1 aliphatic carbocycles. The fourth-order valence-electron chi connectivity index (χ4n) is 2.69. The van der Waals surface area contributed by atoms with Crippen molar-refractivity contribution in [3.8, 4) is 5.75 Å². The standard InChI is InChI=1S/C17H17NO4S/c1-22-14-8-6-12(7-9-14)11-23(20,21)18-17(19)16-10-13-4-2-3-5-15(13)16/h2-9,16H,10-11H2,1H3,(H,18,19). The third-order valence-electron chi connectivity index (χ3n) is 3.94. The second-order valence-electron chi connectivity index (χ2n) is 5.53. The van der Waals surface area contributed by atoms with Crippen molar-refractivity contribution < 1.29 is 17.9 Å². The number of ether oxygens (including phenoxy) is 1. The van der Waals surface area contributed by atoms with Crippen LogP contribution in [0.3, 0.4) is 0 Å². The minimum absolute atomic E-state index is 0.239. The zero-order valence-electron chi connectivity index (χ0n) is 12.7. The smallest absolute Gasteiger partial charge is 0.241 e. The van der Waals surface area contributed by atoms with Gasteiger partial charge in [-0.2, -0.15) is 0 Å². The fourth-order valence-corrected chi connectivity index (χ4v) is 3.85. The van der Waals surface area contributed by atoms with Crippen molar-refractivity contribution >= 4 is 15.9 Å². The number of benzene rings is 2. The summed E-state index contributed by atoms with van der Waals surface area (Å²) in [5.41, 5.74) is 2.60. The molecule has 0 bridgehead atoms. The first kappa shape index (κ1) is 15.6. The lowest BCUT2D eigenvalue weighted by Crippen LogP contribution is -2.39. The van der Waals surface area contributed by atoms with Gasteiger partial charge in [-0.05, 0) is 35.2 Å². The van der Waals surface area contributed by atoms with Gasteiger partial charge < -0.3 is 4.74 Å². The van der Waals surface area contributed by atoms with Gasteiger partial charge in [-0.3, -0.25) is 9.52 Å². The first-order valence-corrected chi connectivity index (χ1v) is 8.89. The second-order valence-corrected chi connectivity index (χ2v) is 7.25. The summed E-state index contributed by atoms with van der Waals surface area (Å²) in [5.74, 6) is -0.424. The Morgan fingerprint density at radius 1 is 1.17 bits per heavy atom. The van der Waals surface area contributed by atoms with E-state index in [4.69, 9.17) is 4.74 Å². The Kier molecular flexibility index (Phi) is 4.09. The average Bonchev–Trinajstić information content (AvgIpc) is 2.48. The van der Waals surface area contributed by atoms with Crippen molar-refractivity contribution in [2.45, 2.75) is 18.1 Å². The van der Waals surface area contributed by atoms with Crippen molar-refractivity contribution in [2.24, 2.45) is 0 Å². The van der Waals surface area contributed by atoms with Crippen molar-refractivity contribution in [2.75, 3.05) is 7.11 Å². The third-order valence-corrected chi connectivity index (χ3v) is 5.17. The molecule has 0 aromatic heterocycles. The lowest BCUT2D eigenvalue weighted by atomic mass is 9.77. The maximum atomic E-state index is 12.2. The molecule has 0 saturated carbocycles. The number of sulfonamides is 1. The fraction of sp³-hybridized carbons (Fsp3) is 0.235. The molecule has 2 aromatic carbocycles. The summed E-state index contributed by atoms with van der Waals surface area (Å²) in [5, 5.41) is 0. The first-order chi connectivity index (χ1) is 11.0. The quantitative estimate of drug-likeness (QED) is 0.909. The molecule has 0 saturated heterocycles. The van der Waals surface area contributed by atoms with Crippen LogP contribution < -0.4 is 9.46 Å². The van der Waals surface area contributed by atoms with Gasteiger partial charge in [0.2, 0.25) is 15.9 Å². The van der Waals surface area contributed by atoms with Gasteiger partial charge >= 0.3 is 0 Å². The lowest BCUT2D eigenvalue weighted by Gasteiger charge is -2.28. The Labute approximate surface area is 135 Å². The molecule has 0 spiro atoms. The summed E-state index contributed by atoms with van der Waals surface area (Å²) < 4.78 is 31.5. The van der Waals surface area contributed by atoms with Crippen molar-refractivity contribution in [3.05, 3.63) is 65.2 Å². The van der Waals surface area contributed by atoms with Crippen LogP contribution in [0.1, 0.15) is 22.6 Å². The molecule has 0 aliphatic heterocycles. The van der Waals surface area contributed by atoms with Crippen LogP contribution in [-0.4, -0.2) is 21.4 Å². The summed E-state index contributed by atoms with van der Waals surface area (Å²) in [7, 11) is -2.17. The highest BCUT2D eigenvalue weighted by Gasteiger charge is 2.33. The van der Waals surface area contributed by atoms with E-state index in [0.29, 0.717) is 17.7 Å². The molecule has 1 aliphatic rings. The second kappa shape index (κ2) is 6.04. The van der Waals surface area contributed by atoms with E-state index >= 15 is 0 Å². The van der Waals surface area contributed by atoms with Gasteiger partial charge in [-0.25, -0.2) is 8.42 Å². The van der Waals surface area contributed by atoms with Crippen LogP contribution in [0.25, 0.3) is 0 Å². The van der Waals surface area contributed by atoms with E-state index in [0.717, 1.165) is 11.1 Å². The number of hydrogen-bond donors (Lipinski definition) is 1. The molecule has 1 N–H and O–H groups in total. The molecular formula is C17H17NO4S. The van der Waals surface area contributed by atoms with Crippen molar-refractivity contribution in [3.63, 3.8) is 0 Å². The maximum absolute atomic E-state index is 12.2. The highest BCUT2D eigenvalue weighted by molar-refractivity contribution is 7.89. The van der Waals surface area contributed by atoms with Crippen LogP contribution in [0.5, 0.6) is 5.75 Å². The predicted octanol–water partition coefficient (Wildman–Crippen LogP) is 1.98. The van der Waals surface area contributed by atoms with E-state index in [-0.39, 0.29) is 11.7 Å². The summed E-state index contributed by atoms with van der Waals surface area (Å²) in [6.07, 6.45) is 0.583. The number of fused-ring (bicyclic) bond motifs is 1. The summed E-state index contributed by atoms with van der Waals surface area (Å²) in [6.45, 7) is 0. The Hall–Kier alpha value is -2.34. The SMILES string of the molecule is COc1ccc(CS(=O)(=O)NC(=O)C2Cc3ccccc32)cc1. The highest BCUT2D eigenvalue weighted by Crippen LogP contribution is 2.34. The zero-order valence-corrected chi connectivity index (χ0v) is 13.5. The molecule has 1 amide bonds. The van der Waals surface area contributed by atoms with Crippen molar-refractivity contribution in [1.82, 2.24) is 4.72 Å². The number of carbonyl (C=O) groups excluding carboxylic acids is 1. The van der Waals surface area contributed by atoms with Crippen LogP contribution >= 0.6 is 0 Å². The molecule has 0 fully saturated rings. The Morgan fingerprint density at radius 3 is 2.52 bits per heavy atom. The number of carbonyl (C=O) groups is 1. The average molecular weight is 331 g/mol. The summed E-state index contributed by atoms with van der Waals surface area (Å²) >= 11 is 0. The van der Waals surface area contributed by atoms with Crippen LogP contribution in [0.2, 0.25) is 0 Å². The van der Waals surface area contributed by atoms with E-state index in [1.54, 1.807) is 31.4 Å². The topological polar surface area (TPSA) is 72.5 Å². The van der Waals surface area contributed by atoms with Gasteiger partial charge in [0, 0.05) is 0 Å². The molecule has 1 atom stereocenters. The van der Waals surface area contributed by atoms with Crippen LogP contribution in [0, 0.1) is 0 Å².